The van der Waals surface area contributed by atoms with Crippen LogP contribution in [0.25, 0.3) is 0 Å². The zero-order chi connectivity index (χ0) is 11.4. The summed E-state index contributed by atoms with van der Waals surface area (Å²) in [5, 5.41) is 0. The molecule has 0 heterocycles. The number of rotatable bonds is 3. The highest BCUT2D eigenvalue weighted by Gasteiger charge is 2.02. The van der Waals surface area contributed by atoms with Crippen molar-refractivity contribution in [1.29, 1.82) is 0 Å². The van der Waals surface area contributed by atoms with Crippen molar-refractivity contribution in [2.45, 2.75) is 0 Å². The molecule has 0 saturated carbocycles. The predicted octanol–water partition coefficient (Wildman–Crippen LogP) is 3.07. The van der Waals surface area contributed by atoms with E-state index in [1.54, 1.807) is 19.2 Å². The number of hydrogen-bond donors (Lipinski definition) is 1. The van der Waals surface area contributed by atoms with E-state index in [0.29, 0.717) is 17.2 Å². The Morgan fingerprint density at radius 3 is 2.31 bits per heavy atom. The van der Waals surface area contributed by atoms with E-state index in [-0.39, 0.29) is 0 Å². The number of nitrogen functional groups attached to an aromatic ring is 1. The highest BCUT2D eigenvalue weighted by Crippen LogP contribution is 2.28. The van der Waals surface area contributed by atoms with Crippen LogP contribution in [0, 0.1) is 0 Å². The van der Waals surface area contributed by atoms with Gasteiger partial charge in [0.25, 0.3) is 0 Å². The Labute approximate surface area is 94.4 Å². The molecule has 2 rings (SSSR count). The maximum Gasteiger partial charge on any atom is 0.142 e. The van der Waals surface area contributed by atoms with Crippen LogP contribution in [0.15, 0.2) is 48.5 Å². The van der Waals surface area contributed by atoms with Crippen molar-refractivity contribution in [3.05, 3.63) is 48.5 Å². The minimum atomic E-state index is 0.566. The molecule has 0 unspecified atom stereocenters. The summed E-state index contributed by atoms with van der Waals surface area (Å²) in [6.45, 7) is 0. The molecule has 82 valence electrons. The van der Waals surface area contributed by atoms with E-state index < -0.39 is 0 Å². The molecule has 16 heavy (non-hydrogen) atoms. The van der Waals surface area contributed by atoms with Gasteiger partial charge in [0.05, 0.1) is 12.8 Å². The van der Waals surface area contributed by atoms with E-state index in [0.717, 1.165) is 5.75 Å². The van der Waals surface area contributed by atoms with Gasteiger partial charge < -0.3 is 15.2 Å². The average Bonchev–Trinajstić information content (AvgIpc) is 2.31. The molecule has 3 heteroatoms. The fourth-order valence-corrected chi connectivity index (χ4v) is 1.40. The Bertz CT molecular complexity index is 469. The molecule has 0 bridgehead atoms. The molecule has 2 aromatic carbocycles. The fourth-order valence-electron chi connectivity index (χ4n) is 1.40. The third-order valence-electron chi connectivity index (χ3n) is 2.18. The third-order valence-corrected chi connectivity index (χ3v) is 2.18. The van der Waals surface area contributed by atoms with Gasteiger partial charge >= 0.3 is 0 Å². The first kappa shape index (κ1) is 10.4. The van der Waals surface area contributed by atoms with Gasteiger partial charge in [-0.1, -0.05) is 18.2 Å². The van der Waals surface area contributed by atoms with Crippen molar-refractivity contribution in [2.24, 2.45) is 0 Å². The number of anilines is 1. The van der Waals surface area contributed by atoms with Crippen LogP contribution in [0.2, 0.25) is 0 Å². The van der Waals surface area contributed by atoms with E-state index in [2.05, 4.69) is 0 Å². The van der Waals surface area contributed by atoms with E-state index in [4.69, 9.17) is 15.2 Å². The van der Waals surface area contributed by atoms with E-state index in [9.17, 15) is 0 Å². The molecule has 2 N–H and O–H groups in total. The quantitative estimate of drug-likeness (QED) is 0.800. The average molecular weight is 215 g/mol. The number of nitrogens with two attached hydrogens (primary N) is 1. The highest BCUT2D eigenvalue weighted by molar-refractivity contribution is 5.56. The Kier molecular flexibility index (Phi) is 2.96. The molecule has 0 radical (unpaired) electrons. The van der Waals surface area contributed by atoms with Crippen LogP contribution in [0.5, 0.6) is 17.2 Å². The number of methoxy groups -OCH3 is 1. The summed E-state index contributed by atoms with van der Waals surface area (Å²) in [4.78, 5) is 0. The number of ether oxygens (including phenoxy) is 2. The predicted molar refractivity (Wildman–Crippen MR) is 63.9 cm³/mol. The second-order valence-electron chi connectivity index (χ2n) is 3.32. The number of hydrogen-bond acceptors (Lipinski definition) is 3. The van der Waals surface area contributed by atoms with Crippen molar-refractivity contribution >= 4 is 5.69 Å². The first-order chi connectivity index (χ1) is 7.79. The summed E-state index contributed by atoms with van der Waals surface area (Å²) in [7, 11) is 1.59. The lowest BCUT2D eigenvalue weighted by Crippen LogP contribution is -1.93. The van der Waals surface area contributed by atoms with Crippen molar-refractivity contribution in [1.82, 2.24) is 0 Å². The summed E-state index contributed by atoms with van der Waals surface area (Å²) in [5.41, 5.74) is 6.35. The van der Waals surface area contributed by atoms with Gasteiger partial charge in [0.2, 0.25) is 0 Å². The molecule has 0 aromatic heterocycles. The fraction of sp³-hybridized carbons (Fsp3) is 0.0769. The molecule has 0 fully saturated rings. The van der Waals surface area contributed by atoms with Gasteiger partial charge in [-0.2, -0.15) is 0 Å². The lowest BCUT2D eigenvalue weighted by Gasteiger charge is -2.08. The maximum absolute atomic E-state index is 5.78. The first-order valence-electron chi connectivity index (χ1n) is 4.96. The van der Waals surface area contributed by atoms with Crippen LogP contribution in [-0.4, -0.2) is 7.11 Å². The highest BCUT2D eigenvalue weighted by atomic mass is 16.5. The second-order valence-corrected chi connectivity index (χ2v) is 3.32. The molecule has 0 aliphatic carbocycles. The zero-order valence-electron chi connectivity index (χ0n) is 9.01. The molecule has 3 nitrogen and oxygen atoms in total. The Morgan fingerprint density at radius 1 is 0.938 bits per heavy atom. The van der Waals surface area contributed by atoms with Gasteiger partial charge in [-0.3, -0.25) is 0 Å². The second kappa shape index (κ2) is 4.57. The summed E-state index contributed by atoms with van der Waals surface area (Å²) >= 11 is 0. The minimum absolute atomic E-state index is 0.566. The molecule has 0 aliphatic heterocycles. The van der Waals surface area contributed by atoms with E-state index in [1.807, 2.05) is 36.4 Å². The smallest absolute Gasteiger partial charge is 0.142 e. The van der Waals surface area contributed by atoms with Crippen molar-refractivity contribution in [3.8, 4) is 17.2 Å². The summed E-state index contributed by atoms with van der Waals surface area (Å²) in [6, 6.07) is 14.9. The van der Waals surface area contributed by atoms with Crippen LogP contribution >= 0.6 is 0 Å². The molecule has 0 amide bonds. The number of para-hydroxylation sites is 1. The van der Waals surface area contributed by atoms with Crippen LogP contribution in [-0.2, 0) is 0 Å². The van der Waals surface area contributed by atoms with Gasteiger partial charge in [0.1, 0.15) is 17.2 Å². The largest absolute Gasteiger partial charge is 0.495 e. The van der Waals surface area contributed by atoms with Crippen LogP contribution < -0.4 is 15.2 Å². The molecule has 0 aliphatic rings. The summed E-state index contributed by atoms with van der Waals surface area (Å²) in [6.07, 6.45) is 0. The van der Waals surface area contributed by atoms with Crippen molar-refractivity contribution in [2.75, 3.05) is 12.8 Å². The first-order valence-corrected chi connectivity index (χ1v) is 4.96. The van der Waals surface area contributed by atoms with Gasteiger partial charge in [-0.05, 0) is 24.3 Å². The van der Waals surface area contributed by atoms with E-state index >= 15 is 0 Å². The lowest BCUT2D eigenvalue weighted by molar-refractivity contribution is 0.415. The minimum Gasteiger partial charge on any atom is -0.495 e. The summed E-state index contributed by atoms with van der Waals surface area (Å²) < 4.78 is 10.7. The molecule has 2 aromatic rings. The Balaban J connectivity index is 2.20. The van der Waals surface area contributed by atoms with Crippen molar-refractivity contribution < 1.29 is 9.47 Å². The lowest BCUT2D eigenvalue weighted by atomic mass is 10.3. The van der Waals surface area contributed by atoms with Gasteiger partial charge in [0.15, 0.2) is 0 Å². The summed E-state index contributed by atoms with van der Waals surface area (Å²) in [5.74, 6) is 2.14. The topological polar surface area (TPSA) is 44.5 Å². The number of benzene rings is 2. The van der Waals surface area contributed by atoms with Gasteiger partial charge in [-0.25, -0.2) is 0 Å². The monoisotopic (exact) mass is 215 g/mol. The SMILES string of the molecule is COc1ccc(Oc2ccccc2)cc1N. The molecule has 0 spiro atoms. The molecular weight excluding hydrogens is 202 g/mol. The van der Waals surface area contributed by atoms with Crippen LogP contribution in [0.1, 0.15) is 0 Å². The zero-order valence-corrected chi connectivity index (χ0v) is 9.01. The Morgan fingerprint density at radius 2 is 1.69 bits per heavy atom. The van der Waals surface area contributed by atoms with Crippen LogP contribution in [0.4, 0.5) is 5.69 Å². The third kappa shape index (κ3) is 2.25. The standard InChI is InChI=1S/C13H13NO2/c1-15-13-8-7-11(9-12(13)14)16-10-5-3-2-4-6-10/h2-9H,14H2,1H3. The van der Waals surface area contributed by atoms with Gasteiger partial charge in [0, 0.05) is 6.07 Å². The van der Waals surface area contributed by atoms with Crippen molar-refractivity contribution in [3.63, 3.8) is 0 Å². The molecular formula is C13H13NO2. The van der Waals surface area contributed by atoms with Gasteiger partial charge in [-0.15, -0.1) is 0 Å². The van der Waals surface area contributed by atoms with Crippen LogP contribution in [0.3, 0.4) is 0 Å². The molecule has 0 saturated heterocycles. The maximum atomic E-state index is 5.78. The normalized spacial score (nSPS) is 9.81. The van der Waals surface area contributed by atoms with E-state index in [1.165, 1.54) is 0 Å². The Hall–Kier alpha value is -2.16. The molecule has 0 atom stereocenters.